The fourth-order valence-corrected chi connectivity index (χ4v) is 2.73. The standard InChI is InChI=1S/C18H17ClN2O3/c1-11-3-6-15-16(7-11)24-18(23)10-21(15)9-17(22)20-13-5-4-12(2)14(19)8-13/h3-8H,9-10H2,1-2H3,(H,20,22). The van der Waals surface area contributed by atoms with E-state index >= 15 is 0 Å². The summed E-state index contributed by atoms with van der Waals surface area (Å²) in [7, 11) is 0. The van der Waals surface area contributed by atoms with Crippen molar-refractivity contribution in [2.75, 3.05) is 23.3 Å². The van der Waals surface area contributed by atoms with Gasteiger partial charge in [0.25, 0.3) is 0 Å². The van der Waals surface area contributed by atoms with Gasteiger partial charge in [-0.15, -0.1) is 0 Å². The van der Waals surface area contributed by atoms with E-state index in [0.717, 1.165) is 16.8 Å². The zero-order valence-corrected chi connectivity index (χ0v) is 14.2. The van der Waals surface area contributed by atoms with Crippen LogP contribution in [-0.2, 0) is 9.59 Å². The molecule has 0 saturated heterocycles. The average Bonchev–Trinajstić information content (AvgIpc) is 2.50. The number of carbonyl (C=O) groups excluding carboxylic acids is 2. The number of anilines is 2. The van der Waals surface area contributed by atoms with Crippen molar-refractivity contribution in [1.29, 1.82) is 0 Å². The first-order valence-corrected chi connectivity index (χ1v) is 7.92. The van der Waals surface area contributed by atoms with Crippen molar-refractivity contribution < 1.29 is 14.3 Å². The van der Waals surface area contributed by atoms with E-state index in [-0.39, 0.29) is 25.0 Å². The zero-order chi connectivity index (χ0) is 17.3. The molecule has 3 rings (SSSR count). The van der Waals surface area contributed by atoms with Gasteiger partial charge in [0.2, 0.25) is 5.91 Å². The Morgan fingerprint density at radius 2 is 2.04 bits per heavy atom. The molecule has 0 spiro atoms. The fraction of sp³-hybridized carbons (Fsp3) is 0.222. The third-order valence-electron chi connectivity index (χ3n) is 3.79. The number of nitrogens with one attached hydrogen (secondary N) is 1. The predicted octanol–water partition coefficient (Wildman–Crippen LogP) is 3.32. The average molecular weight is 345 g/mol. The van der Waals surface area contributed by atoms with Crippen LogP contribution in [0.15, 0.2) is 36.4 Å². The molecule has 0 saturated carbocycles. The van der Waals surface area contributed by atoms with Crippen LogP contribution in [0.4, 0.5) is 11.4 Å². The summed E-state index contributed by atoms with van der Waals surface area (Å²) in [5, 5.41) is 3.39. The molecule has 0 aromatic heterocycles. The summed E-state index contributed by atoms with van der Waals surface area (Å²) in [5.74, 6) is -0.118. The summed E-state index contributed by atoms with van der Waals surface area (Å²) >= 11 is 6.07. The van der Waals surface area contributed by atoms with Gasteiger partial charge in [0, 0.05) is 10.7 Å². The van der Waals surface area contributed by atoms with Crippen LogP contribution < -0.4 is 15.0 Å². The van der Waals surface area contributed by atoms with E-state index < -0.39 is 0 Å². The van der Waals surface area contributed by atoms with Crippen LogP contribution in [0.25, 0.3) is 0 Å². The van der Waals surface area contributed by atoms with Crippen LogP contribution in [0.3, 0.4) is 0 Å². The Morgan fingerprint density at radius 1 is 1.25 bits per heavy atom. The Bertz CT molecular complexity index is 820. The Labute approximate surface area is 145 Å². The first-order chi connectivity index (χ1) is 11.4. The van der Waals surface area contributed by atoms with Gasteiger partial charge in [-0.05, 0) is 49.2 Å². The van der Waals surface area contributed by atoms with Crippen molar-refractivity contribution in [3.05, 3.63) is 52.5 Å². The molecule has 0 atom stereocenters. The lowest BCUT2D eigenvalue weighted by molar-refractivity contribution is -0.133. The smallest absolute Gasteiger partial charge is 0.331 e. The molecule has 1 heterocycles. The molecular formula is C18H17ClN2O3. The molecule has 0 fully saturated rings. The van der Waals surface area contributed by atoms with E-state index in [4.69, 9.17) is 16.3 Å². The number of nitrogens with zero attached hydrogens (tertiary/aromatic N) is 1. The lowest BCUT2D eigenvalue weighted by atomic mass is 10.1. The Kier molecular flexibility index (Phi) is 4.44. The Morgan fingerprint density at radius 3 is 2.79 bits per heavy atom. The molecule has 0 unspecified atom stereocenters. The van der Waals surface area contributed by atoms with Gasteiger partial charge in [0.15, 0.2) is 5.75 Å². The number of aryl methyl sites for hydroxylation is 2. The van der Waals surface area contributed by atoms with Crippen LogP contribution in [0, 0.1) is 13.8 Å². The minimum Gasteiger partial charge on any atom is -0.423 e. The molecule has 2 aromatic rings. The summed E-state index contributed by atoms with van der Waals surface area (Å²) in [5.41, 5.74) is 3.29. The van der Waals surface area contributed by atoms with Crippen molar-refractivity contribution in [3.8, 4) is 5.75 Å². The third-order valence-corrected chi connectivity index (χ3v) is 4.20. The van der Waals surface area contributed by atoms with E-state index in [9.17, 15) is 9.59 Å². The molecule has 0 aliphatic carbocycles. The van der Waals surface area contributed by atoms with Crippen molar-refractivity contribution in [1.82, 2.24) is 0 Å². The monoisotopic (exact) mass is 344 g/mol. The van der Waals surface area contributed by atoms with Crippen LogP contribution in [-0.4, -0.2) is 25.0 Å². The molecular weight excluding hydrogens is 328 g/mol. The predicted molar refractivity (Wildman–Crippen MR) is 93.8 cm³/mol. The van der Waals surface area contributed by atoms with Crippen LogP contribution in [0.1, 0.15) is 11.1 Å². The summed E-state index contributed by atoms with van der Waals surface area (Å²) in [6, 6.07) is 10.9. The second-order valence-electron chi connectivity index (χ2n) is 5.81. The number of esters is 1. The van der Waals surface area contributed by atoms with Crippen LogP contribution in [0.2, 0.25) is 5.02 Å². The zero-order valence-electron chi connectivity index (χ0n) is 13.4. The Hall–Kier alpha value is -2.53. The van der Waals surface area contributed by atoms with Gasteiger partial charge >= 0.3 is 5.97 Å². The summed E-state index contributed by atoms with van der Waals surface area (Å²) in [6.07, 6.45) is 0. The fourth-order valence-electron chi connectivity index (χ4n) is 2.55. The van der Waals surface area contributed by atoms with Crippen molar-refractivity contribution >= 4 is 34.9 Å². The van der Waals surface area contributed by atoms with Crippen molar-refractivity contribution in [2.24, 2.45) is 0 Å². The highest BCUT2D eigenvalue weighted by atomic mass is 35.5. The minimum absolute atomic E-state index is 0.0398. The number of rotatable bonds is 3. The number of fused-ring (bicyclic) bond motifs is 1. The Balaban J connectivity index is 1.75. The molecule has 2 aromatic carbocycles. The molecule has 0 bridgehead atoms. The number of halogens is 1. The number of ether oxygens (including phenoxy) is 1. The molecule has 1 aliphatic rings. The van der Waals surface area contributed by atoms with Gasteiger partial charge in [-0.2, -0.15) is 0 Å². The highest BCUT2D eigenvalue weighted by Crippen LogP contribution is 2.32. The largest absolute Gasteiger partial charge is 0.423 e. The van der Waals surface area contributed by atoms with Gasteiger partial charge in [-0.25, -0.2) is 4.79 Å². The number of benzene rings is 2. The maximum Gasteiger partial charge on any atom is 0.331 e. The highest BCUT2D eigenvalue weighted by molar-refractivity contribution is 6.31. The maximum atomic E-state index is 12.3. The molecule has 5 nitrogen and oxygen atoms in total. The second-order valence-corrected chi connectivity index (χ2v) is 6.22. The van der Waals surface area contributed by atoms with Crippen LogP contribution >= 0.6 is 11.6 Å². The summed E-state index contributed by atoms with van der Waals surface area (Å²) in [6.45, 7) is 3.90. The SMILES string of the molecule is Cc1ccc2c(c1)OC(=O)CN2CC(=O)Nc1ccc(C)c(Cl)c1. The molecule has 1 aliphatic heterocycles. The van der Waals surface area contributed by atoms with E-state index in [1.54, 1.807) is 23.1 Å². The molecule has 0 radical (unpaired) electrons. The number of carbonyl (C=O) groups is 2. The summed E-state index contributed by atoms with van der Waals surface area (Å²) < 4.78 is 5.24. The number of amides is 1. The van der Waals surface area contributed by atoms with Crippen molar-refractivity contribution in [2.45, 2.75) is 13.8 Å². The van der Waals surface area contributed by atoms with E-state index in [1.165, 1.54) is 0 Å². The first-order valence-electron chi connectivity index (χ1n) is 7.54. The van der Waals surface area contributed by atoms with Gasteiger partial charge in [-0.3, -0.25) is 4.79 Å². The lowest BCUT2D eigenvalue weighted by Gasteiger charge is -2.29. The van der Waals surface area contributed by atoms with Gasteiger partial charge < -0.3 is 15.0 Å². The second kappa shape index (κ2) is 6.53. The van der Waals surface area contributed by atoms with E-state index in [0.29, 0.717) is 16.5 Å². The molecule has 124 valence electrons. The van der Waals surface area contributed by atoms with E-state index in [1.807, 2.05) is 32.0 Å². The quantitative estimate of drug-likeness (QED) is 0.685. The maximum absolute atomic E-state index is 12.3. The van der Waals surface area contributed by atoms with Crippen molar-refractivity contribution in [3.63, 3.8) is 0 Å². The highest BCUT2D eigenvalue weighted by Gasteiger charge is 2.25. The topological polar surface area (TPSA) is 58.6 Å². The number of hydrogen-bond acceptors (Lipinski definition) is 4. The van der Waals surface area contributed by atoms with E-state index in [2.05, 4.69) is 5.32 Å². The minimum atomic E-state index is -0.376. The van der Waals surface area contributed by atoms with Gasteiger partial charge in [-0.1, -0.05) is 23.7 Å². The van der Waals surface area contributed by atoms with Crippen LogP contribution in [0.5, 0.6) is 5.75 Å². The number of hydrogen-bond donors (Lipinski definition) is 1. The lowest BCUT2D eigenvalue weighted by Crippen LogP contribution is -2.41. The summed E-state index contributed by atoms with van der Waals surface area (Å²) in [4.78, 5) is 25.8. The third kappa shape index (κ3) is 3.51. The molecule has 1 N–H and O–H groups in total. The molecule has 24 heavy (non-hydrogen) atoms. The van der Waals surface area contributed by atoms with Gasteiger partial charge in [0.05, 0.1) is 12.2 Å². The molecule has 6 heteroatoms. The van der Waals surface area contributed by atoms with Gasteiger partial charge in [0.1, 0.15) is 6.54 Å². The molecule has 1 amide bonds. The first kappa shape index (κ1) is 16.3. The normalized spacial score (nSPS) is 13.3.